The van der Waals surface area contributed by atoms with Gasteiger partial charge in [0.25, 0.3) is 10.1 Å². The number of carbonyl (C=O) groups excluding carboxylic acids is 4. The molecule has 8 N–H and O–H groups in total. The van der Waals surface area contributed by atoms with E-state index in [1.54, 1.807) is 37.3 Å². The molecule has 35 nitrogen and oxygen atoms in total. The summed E-state index contributed by atoms with van der Waals surface area (Å²) in [6.45, 7) is 13.1. The quantitative estimate of drug-likeness (QED) is 0.00349. The molecular formula is C80H131BN14NaO21S7. The molecule has 124 heavy (non-hydrogen) atoms. The van der Waals surface area contributed by atoms with Crippen LogP contribution in [0.25, 0.3) is 75.2 Å². The fraction of sp³-hybridized carbons (Fsp3) is 0.700. The van der Waals surface area contributed by atoms with Gasteiger partial charge in [0.15, 0.2) is 5.43 Å². The van der Waals surface area contributed by atoms with Gasteiger partial charge in [-0.2, -0.15) is 8.42 Å². The molecule has 0 amide bonds. The number of Topliss-reactive ketones (excluding diaryl/α,β-unsaturated/α-hetero) is 4. The summed E-state index contributed by atoms with van der Waals surface area (Å²) in [4.78, 5) is 79.3. The van der Waals surface area contributed by atoms with Crippen molar-refractivity contribution in [3.63, 3.8) is 0 Å². The van der Waals surface area contributed by atoms with Gasteiger partial charge in [0.05, 0.1) is 91.1 Å². The Bertz CT molecular complexity index is 3740. The van der Waals surface area contributed by atoms with Gasteiger partial charge >= 0.3 is 35.5 Å². The molecule has 0 bridgehead atoms. The van der Waals surface area contributed by atoms with Crippen LogP contribution in [0.3, 0.4) is 0 Å². The number of hydrogen-bond acceptors (Lipinski definition) is 32. The summed E-state index contributed by atoms with van der Waals surface area (Å²) >= 11 is 0. The molecule has 3 fully saturated rings. The molecule has 693 valence electrons. The number of carboxylic acid groups (broad SMARTS) is 1. The van der Waals surface area contributed by atoms with E-state index in [0.717, 1.165) is 86.2 Å². The predicted octanol–water partition coefficient (Wildman–Crippen LogP) is 13.8. The maximum atomic E-state index is 11.7. The standard InChI is InChI=1S/C20H12O5.C16H28O3S2.C13H23N3O2S2.C13H25NO2S2.C6H14O4S.C4H8N6O.C4H10N4O.C4H10O3.B.Na.H/c21-11-5-7-15-17(9-11)25-18-10-12(22)6-8-16(18)19(15)13-3-1-2-4-14(13)20(23)24;1-14(17)6-4-11-19-12-5-8-15(18)7-2-3-9-16-10-13-20-21-16;14-16-15-8-10-18-9-3-5-12(17)4-1-2-6-13-7-11-19-20-13;14-8-10-16-9-3-5-12(15)4-1-2-6-13-7-11-17-18-13;1-3-4-9-5-6-10-11(2,7)8;5-9-7-1-3-11-4-2-8-10-6;5-1-3-9-4-2-7-8-6;5-1-3-7-4-2-6;;;/h1-10,21H,(H,23,24);16H,2-13H2,1H3;13H,1-11H2;13H,1-11,14H2;3-6H2,1-2H3;1-4H2;1-5H2;5-6H,1-4H2;;;/q;;;;;;;;;+1;-1. The maximum absolute atomic E-state index is 11.7. The number of carbonyl (C=O) groups is 5. The second-order valence-corrected chi connectivity index (χ2v) is 36.8. The van der Waals surface area contributed by atoms with Crippen molar-refractivity contribution in [3.8, 4) is 28.2 Å². The minimum atomic E-state index is -3.29. The number of aromatic hydroxyl groups is 1. The molecule has 3 saturated heterocycles. The number of rotatable bonds is 59. The Labute approximate surface area is 780 Å². The third-order valence-electron chi connectivity index (χ3n) is 16.5. The van der Waals surface area contributed by atoms with Gasteiger partial charge in [-0.15, -0.1) is 0 Å². The van der Waals surface area contributed by atoms with Crippen molar-refractivity contribution < 1.29 is 126 Å². The molecule has 3 unspecified atom stereocenters. The van der Waals surface area contributed by atoms with E-state index < -0.39 is 16.1 Å². The summed E-state index contributed by atoms with van der Waals surface area (Å²) in [6.07, 6.45) is 24.4. The number of unbranched alkanes of at least 4 members (excludes halogenated alkanes) is 3. The largest absolute Gasteiger partial charge is 1.00 e. The molecule has 2 aromatic carbocycles. The van der Waals surface area contributed by atoms with Crippen LogP contribution in [0.4, 0.5) is 0 Å². The van der Waals surface area contributed by atoms with E-state index in [-0.39, 0.29) is 81.7 Å². The summed E-state index contributed by atoms with van der Waals surface area (Å²) in [5, 5.41) is 51.7. The first-order chi connectivity index (χ1) is 59.2. The normalized spacial score (nSPS) is 13.9. The van der Waals surface area contributed by atoms with Crippen LogP contribution >= 0.6 is 64.8 Å². The predicted molar refractivity (Wildman–Crippen MR) is 499 cm³/mol. The molecule has 3 atom stereocenters. The molecule has 0 spiro atoms. The van der Waals surface area contributed by atoms with E-state index in [4.69, 9.17) is 76.6 Å². The number of aliphatic hydroxyl groups is 2. The Kier molecular flexibility index (Phi) is 87.9. The van der Waals surface area contributed by atoms with Crippen LogP contribution in [0.1, 0.15) is 180 Å². The van der Waals surface area contributed by atoms with Crippen molar-refractivity contribution in [3.05, 3.63) is 118 Å². The average Bonchev–Trinajstić information content (AvgIpc) is 1.43. The van der Waals surface area contributed by atoms with E-state index in [1.165, 1.54) is 105 Å². The molecule has 4 aliphatic heterocycles. The summed E-state index contributed by atoms with van der Waals surface area (Å²) in [6, 6.07) is 15.7. The second-order valence-electron chi connectivity index (χ2n) is 26.8. The number of nitrogens with zero attached hydrogens (tertiary/aromatic N) is 12. The van der Waals surface area contributed by atoms with Crippen molar-refractivity contribution in [1.82, 2.24) is 0 Å². The number of phenols is 1. The number of hydrogen-bond donors (Lipinski definition) is 6. The van der Waals surface area contributed by atoms with Gasteiger partial charge < -0.3 is 75.7 Å². The van der Waals surface area contributed by atoms with E-state index in [0.29, 0.717) is 215 Å². The van der Waals surface area contributed by atoms with Crippen LogP contribution in [0.2, 0.25) is 0 Å². The molecule has 5 aliphatic rings. The summed E-state index contributed by atoms with van der Waals surface area (Å²) in [7, 11) is 8.72. The molecule has 3 radical (unpaired) electrons. The van der Waals surface area contributed by atoms with Gasteiger partial charge in [-0.3, -0.25) is 23.4 Å². The Hall–Kier alpha value is -5.05. The minimum Gasteiger partial charge on any atom is -1.00 e. The Balaban J connectivity index is -0.000000687. The Morgan fingerprint density at radius 1 is 0.516 bits per heavy atom. The Morgan fingerprint density at radius 2 is 0.911 bits per heavy atom. The van der Waals surface area contributed by atoms with Crippen molar-refractivity contribution in [2.24, 2.45) is 31.9 Å². The van der Waals surface area contributed by atoms with Gasteiger partial charge in [-0.05, 0) is 155 Å². The topological polar surface area (TPSA) is 552 Å². The molecule has 0 aromatic heterocycles. The number of ketones is 4. The van der Waals surface area contributed by atoms with E-state index in [9.17, 15) is 47.4 Å². The van der Waals surface area contributed by atoms with Gasteiger partial charge in [0, 0.05) is 207 Å². The molecule has 7 rings (SSSR count). The van der Waals surface area contributed by atoms with E-state index in [1.807, 2.05) is 71.7 Å². The number of ether oxygens (including phenoxy) is 7. The number of carboxylic acids is 1. The van der Waals surface area contributed by atoms with Crippen molar-refractivity contribution in [1.29, 1.82) is 0 Å². The molecule has 0 saturated carbocycles. The zero-order valence-electron chi connectivity index (χ0n) is 73.5. The maximum Gasteiger partial charge on any atom is 1.00 e. The van der Waals surface area contributed by atoms with Crippen molar-refractivity contribution in [2.75, 3.05) is 175 Å². The first-order valence-corrected chi connectivity index (χ1v) is 50.1. The first kappa shape index (κ1) is 123. The van der Waals surface area contributed by atoms with E-state index in [2.05, 4.69) is 49.0 Å². The summed E-state index contributed by atoms with van der Waals surface area (Å²) in [5.41, 5.74) is 44.1. The van der Waals surface area contributed by atoms with Gasteiger partial charge in [0.2, 0.25) is 0 Å². The van der Waals surface area contributed by atoms with Crippen LogP contribution in [-0.2, 0) is 66.6 Å². The zero-order chi connectivity index (χ0) is 90.0. The number of aliphatic hydroxyl groups excluding tert-OH is 2. The number of fused-ring (bicyclic) bond motifs is 2. The van der Waals surface area contributed by atoms with E-state index >= 15 is 0 Å². The van der Waals surface area contributed by atoms with Gasteiger partial charge in [-0.1, -0.05) is 130 Å². The number of nitrogens with two attached hydrogens (primary N) is 2. The minimum absolute atomic E-state index is 0. The third kappa shape index (κ3) is 73.8. The van der Waals surface area contributed by atoms with Gasteiger partial charge in [-0.25, -0.2) is 4.79 Å². The monoisotopic (exact) mass is 1880 g/mol. The zero-order valence-corrected chi connectivity index (χ0v) is 80.3. The third-order valence-corrected chi connectivity index (χ3v) is 26.1. The van der Waals surface area contributed by atoms with Crippen LogP contribution in [0.15, 0.2) is 90.3 Å². The number of aromatic carboxylic acids is 1. The molecular weight excluding hydrogens is 1750 g/mol. The number of benzene rings is 3. The van der Waals surface area contributed by atoms with Gasteiger partial charge in [0.1, 0.15) is 40.2 Å². The summed E-state index contributed by atoms with van der Waals surface area (Å²) in [5.74, 6) is 4.51. The average molecular weight is 1880 g/mol. The molecule has 4 heterocycles. The molecule has 44 heteroatoms. The number of phenolic OH excluding ortho intramolecular Hbond substituents is 1. The summed E-state index contributed by atoms with van der Waals surface area (Å²) < 4.78 is 66.3. The van der Waals surface area contributed by atoms with Crippen LogP contribution < -0.4 is 46.5 Å². The smallest absolute Gasteiger partial charge is 1.00 e. The Morgan fingerprint density at radius 3 is 1.31 bits per heavy atom. The molecule has 2 aromatic rings. The van der Waals surface area contributed by atoms with Crippen LogP contribution in [0.5, 0.6) is 5.75 Å². The number of azide groups is 4. The first-order valence-electron chi connectivity index (χ1n) is 41.1. The van der Waals surface area contributed by atoms with Crippen molar-refractivity contribution in [2.45, 2.75) is 184 Å². The fourth-order valence-electron chi connectivity index (χ4n) is 10.7. The SMILES string of the molecule is CC(=O)CCCOCCCC(=O)CCCCC1CCSS1.CCCOCCOS(C)(=O)=O.NCCOCCCC(=O)CCCCC1CCSS1.O=C(O)c1ccccc1-c1c2ccc(=O)cc-2oc2cc(O)ccc12.OCCOCCO.[B].[H-].[N-]=[N+]=NCCOCCCC(=O)CCCCC1CCSS1.[N-]=[N+]=NCCOCCN.[N-]=[N+]=NCCOCCN=[N+]=[N-].[Na+]. The van der Waals surface area contributed by atoms with Crippen LogP contribution in [-0.4, -0.2) is 257 Å². The second kappa shape index (κ2) is 88.6. The van der Waals surface area contributed by atoms with Crippen molar-refractivity contribution >= 4 is 123 Å². The molecule has 1 aliphatic carbocycles. The van der Waals surface area contributed by atoms with Crippen LogP contribution in [0, 0.1) is 0 Å². The fourth-order valence-corrected chi connectivity index (χ4v) is 20.2.